The molecule has 0 aliphatic carbocycles. The third kappa shape index (κ3) is 2.11. The van der Waals surface area contributed by atoms with E-state index in [9.17, 15) is 9.59 Å². The molecule has 0 saturated heterocycles. The number of rotatable bonds is 1. The molecule has 98 valence electrons. The van der Waals surface area contributed by atoms with Crippen molar-refractivity contribution in [1.82, 2.24) is 0 Å². The number of nitrogens with zero attached hydrogens (tertiary/aromatic N) is 4. The van der Waals surface area contributed by atoms with Gasteiger partial charge in [-0.05, 0) is 12.1 Å². The highest BCUT2D eigenvalue weighted by molar-refractivity contribution is 6.21. The number of amidine groups is 1. The first-order chi connectivity index (χ1) is 9.65. The van der Waals surface area contributed by atoms with Gasteiger partial charge in [0, 0.05) is 5.56 Å². The maximum Gasteiger partial charge on any atom is 0.384 e. The van der Waals surface area contributed by atoms with Gasteiger partial charge in [-0.3, -0.25) is 4.79 Å². The third-order valence-electron chi connectivity index (χ3n) is 3.05. The topological polar surface area (TPSA) is 74.2 Å². The number of benzene rings is 1. The van der Waals surface area contributed by atoms with Crippen LogP contribution in [0.5, 0.6) is 0 Å². The second-order valence-electron chi connectivity index (χ2n) is 4.44. The fraction of sp³-hybridized carbons (Fsp3) is 0.143. The standard InChI is InChI=1S/C14H11N4O2/c1-9(19)18-7-11-12(8-18)16-17-13(11)15-14(20)10-5-3-2-4-6-10/h2-7H,8H2,1H3/q+1. The van der Waals surface area contributed by atoms with E-state index in [-0.39, 0.29) is 17.6 Å². The minimum absolute atomic E-state index is 0.0802. The highest BCUT2D eigenvalue weighted by atomic mass is 16.2. The van der Waals surface area contributed by atoms with Crippen LogP contribution >= 0.6 is 0 Å². The van der Waals surface area contributed by atoms with Crippen LogP contribution in [0.15, 0.2) is 56.8 Å². The van der Waals surface area contributed by atoms with Crippen LogP contribution in [0, 0.1) is 0 Å². The molecule has 3 rings (SSSR count). The van der Waals surface area contributed by atoms with Crippen LogP contribution in [0.3, 0.4) is 0 Å². The molecule has 0 unspecified atom stereocenters. The van der Waals surface area contributed by atoms with Crippen molar-refractivity contribution in [3.05, 3.63) is 47.2 Å². The minimum atomic E-state index is -0.372. The summed E-state index contributed by atoms with van der Waals surface area (Å²) in [6, 6.07) is 8.75. The van der Waals surface area contributed by atoms with Gasteiger partial charge in [0.05, 0.1) is 6.92 Å². The minimum Gasteiger partial charge on any atom is -0.267 e. The van der Waals surface area contributed by atoms with Crippen molar-refractivity contribution >= 4 is 23.9 Å². The van der Waals surface area contributed by atoms with E-state index in [2.05, 4.69) is 15.2 Å². The van der Waals surface area contributed by atoms with Crippen LogP contribution in [0.2, 0.25) is 0 Å². The fourth-order valence-corrected chi connectivity index (χ4v) is 1.98. The first-order valence-corrected chi connectivity index (χ1v) is 6.10. The predicted octanol–water partition coefficient (Wildman–Crippen LogP) is 1.59. The van der Waals surface area contributed by atoms with Gasteiger partial charge >= 0.3 is 5.91 Å². The Hall–Kier alpha value is -2.76. The Bertz CT molecular complexity index is 727. The molecule has 0 aromatic heterocycles. The van der Waals surface area contributed by atoms with Crippen molar-refractivity contribution in [2.24, 2.45) is 15.2 Å². The van der Waals surface area contributed by atoms with Crippen LogP contribution in [-0.2, 0) is 4.79 Å². The van der Waals surface area contributed by atoms with E-state index >= 15 is 0 Å². The van der Waals surface area contributed by atoms with Gasteiger partial charge in [-0.15, -0.1) is 10.2 Å². The first-order valence-electron chi connectivity index (χ1n) is 6.10. The van der Waals surface area contributed by atoms with Gasteiger partial charge in [0.2, 0.25) is 0 Å². The Labute approximate surface area is 114 Å². The molecule has 6 nitrogen and oxygen atoms in total. The summed E-state index contributed by atoms with van der Waals surface area (Å²) in [7, 11) is 0. The van der Waals surface area contributed by atoms with Crippen molar-refractivity contribution in [2.45, 2.75) is 6.92 Å². The molecule has 2 heterocycles. The zero-order chi connectivity index (χ0) is 14.1. The number of aliphatic imine (C=N–C) groups is 1. The second-order valence-corrected chi connectivity index (χ2v) is 4.44. The Morgan fingerprint density at radius 1 is 1.20 bits per heavy atom. The van der Waals surface area contributed by atoms with Crippen molar-refractivity contribution in [1.29, 1.82) is 0 Å². The maximum absolute atomic E-state index is 12.0. The van der Waals surface area contributed by atoms with Crippen molar-refractivity contribution in [3.8, 4) is 0 Å². The van der Waals surface area contributed by atoms with Gasteiger partial charge in [-0.2, -0.15) is 9.57 Å². The molecule has 0 bridgehead atoms. The Kier molecular flexibility index (Phi) is 2.90. The molecule has 0 saturated carbocycles. The van der Waals surface area contributed by atoms with Crippen LogP contribution in [0.25, 0.3) is 0 Å². The predicted molar refractivity (Wildman–Crippen MR) is 72.0 cm³/mol. The zero-order valence-corrected chi connectivity index (χ0v) is 10.8. The average molecular weight is 267 g/mol. The van der Waals surface area contributed by atoms with Crippen LogP contribution in [0.1, 0.15) is 17.3 Å². The summed E-state index contributed by atoms with van der Waals surface area (Å²) in [6.07, 6.45) is 1.63. The van der Waals surface area contributed by atoms with Crippen molar-refractivity contribution in [2.75, 3.05) is 6.54 Å². The van der Waals surface area contributed by atoms with E-state index < -0.39 is 0 Å². The smallest absolute Gasteiger partial charge is 0.267 e. The molecule has 0 N–H and O–H groups in total. The highest BCUT2D eigenvalue weighted by Crippen LogP contribution is 2.21. The van der Waals surface area contributed by atoms with Crippen molar-refractivity contribution in [3.63, 3.8) is 0 Å². The number of carbonyl (C=O) groups excluding carboxylic acids is 2. The van der Waals surface area contributed by atoms with Crippen LogP contribution in [0.4, 0.5) is 0 Å². The Balaban J connectivity index is 1.89. The normalized spacial score (nSPS) is 18.4. The van der Waals surface area contributed by atoms with Gasteiger partial charge in [-0.25, -0.2) is 4.79 Å². The third-order valence-corrected chi connectivity index (χ3v) is 3.05. The maximum atomic E-state index is 12.0. The molecular formula is C14H11N4O2+. The summed E-state index contributed by atoms with van der Waals surface area (Å²) in [5.74, 6) is -0.191. The lowest BCUT2D eigenvalue weighted by Crippen LogP contribution is -2.17. The van der Waals surface area contributed by atoms with E-state index in [4.69, 9.17) is 0 Å². The van der Waals surface area contributed by atoms with Gasteiger partial charge in [0.15, 0.2) is 18.6 Å². The monoisotopic (exact) mass is 267 g/mol. The van der Waals surface area contributed by atoms with Gasteiger partial charge in [-0.1, -0.05) is 18.2 Å². The summed E-state index contributed by atoms with van der Waals surface area (Å²) >= 11 is 0. The molecule has 2 aliphatic heterocycles. The SMILES string of the molecule is CC(=O)[N+]1=CC2=C(C1)N=NC2=NC(=O)c1ccccc1. The zero-order valence-electron chi connectivity index (χ0n) is 10.8. The lowest BCUT2D eigenvalue weighted by Gasteiger charge is -1.95. The van der Waals surface area contributed by atoms with E-state index in [1.165, 1.54) is 11.5 Å². The number of amides is 2. The van der Waals surface area contributed by atoms with E-state index in [1.807, 2.05) is 6.07 Å². The second kappa shape index (κ2) is 4.73. The fourth-order valence-electron chi connectivity index (χ4n) is 1.98. The summed E-state index contributed by atoms with van der Waals surface area (Å²) in [5, 5.41) is 7.85. The molecule has 1 aromatic carbocycles. The van der Waals surface area contributed by atoms with E-state index in [1.54, 1.807) is 30.5 Å². The molecule has 0 fully saturated rings. The van der Waals surface area contributed by atoms with Gasteiger partial charge in [0.1, 0.15) is 11.3 Å². The summed E-state index contributed by atoms with van der Waals surface area (Å²) in [6.45, 7) is 1.86. The van der Waals surface area contributed by atoms with E-state index in [0.717, 1.165) is 0 Å². The molecule has 6 heteroatoms. The average Bonchev–Trinajstić information content (AvgIpc) is 3.02. The summed E-state index contributed by atoms with van der Waals surface area (Å²) < 4.78 is 1.52. The molecule has 20 heavy (non-hydrogen) atoms. The molecule has 0 radical (unpaired) electrons. The number of hydrogen-bond acceptors (Lipinski definition) is 3. The molecule has 2 amide bonds. The summed E-state index contributed by atoms with van der Waals surface area (Å²) in [4.78, 5) is 27.3. The quantitative estimate of drug-likeness (QED) is 0.724. The van der Waals surface area contributed by atoms with E-state index in [0.29, 0.717) is 23.4 Å². The van der Waals surface area contributed by atoms with Crippen molar-refractivity contribution < 1.29 is 14.2 Å². The highest BCUT2D eigenvalue weighted by Gasteiger charge is 2.33. The molecular weight excluding hydrogens is 256 g/mol. The first kappa shape index (κ1) is 12.3. The molecule has 1 aromatic rings. The lowest BCUT2D eigenvalue weighted by atomic mass is 10.2. The molecule has 0 spiro atoms. The summed E-state index contributed by atoms with van der Waals surface area (Å²) in [5.41, 5.74) is 1.80. The number of azo groups is 1. The Morgan fingerprint density at radius 2 is 1.95 bits per heavy atom. The van der Waals surface area contributed by atoms with Gasteiger partial charge in [0.25, 0.3) is 5.91 Å². The number of carbonyl (C=O) groups is 2. The molecule has 0 atom stereocenters. The largest absolute Gasteiger partial charge is 0.384 e. The van der Waals surface area contributed by atoms with Gasteiger partial charge < -0.3 is 0 Å². The molecule has 2 aliphatic rings. The Morgan fingerprint density at radius 3 is 2.65 bits per heavy atom. The lowest BCUT2D eigenvalue weighted by molar-refractivity contribution is -0.430. The number of hydrogen-bond donors (Lipinski definition) is 0. The van der Waals surface area contributed by atoms with Crippen LogP contribution in [-0.4, -0.2) is 35.0 Å². The van der Waals surface area contributed by atoms with Crippen LogP contribution < -0.4 is 0 Å².